The summed E-state index contributed by atoms with van der Waals surface area (Å²) in [6, 6.07) is 3.78. The first-order valence-corrected chi connectivity index (χ1v) is 5.92. The quantitative estimate of drug-likeness (QED) is 0.713. The summed E-state index contributed by atoms with van der Waals surface area (Å²) in [6.45, 7) is 4.06. The molecule has 96 valence electrons. The first kappa shape index (κ1) is 12.5. The second-order valence-corrected chi connectivity index (χ2v) is 4.13. The normalized spacial score (nSPS) is 15.7. The Balaban J connectivity index is 2.04. The van der Waals surface area contributed by atoms with Gasteiger partial charge in [0.15, 0.2) is 0 Å². The number of pyridine rings is 1. The topological polar surface area (TPSA) is 74.3 Å². The highest BCUT2D eigenvalue weighted by atomic mass is 16.2. The molecule has 18 heavy (non-hydrogen) atoms. The van der Waals surface area contributed by atoms with Gasteiger partial charge >= 0.3 is 0 Å². The maximum Gasteiger partial charge on any atom is 0.246 e. The molecule has 1 fully saturated rings. The van der Waals surface area contributed by atoms with E-state index in [0.717, 1.165) is 18.7 Å². The van der Waals surface area contributed by atoms with Crippen molar-refractivity contribution >= 4 is 17.6 Å². The molecule has 1 aromatic rings. The summed E-state index contributed by atoms with van der Waals surface area (Å²) in [6.07, 6.45) is 1.76. The van der Waals surface area contributed by atoms with E-state index in [1.165, 1.54) is 0 Å². The molecule has 2 amide bonds. The molecular formula is C12H16N4O2. The largest absolute Gasteiger partial charge is 0.338 e. The molecule has 1 aliphatic rings. The number of hydrogen-bond acceptors (Lipinski definition) is 5. The van der Waals surface area contributed by atoms with Crippen LogP contribution in [0.1, 0.15) is 12.5 Å². The number of anilines is 1. The number of piperazine rings is 1. The van der Waals surface area contributed by atoms with Crippen LogP contribution < -0.4 is 15.5 Å². The fourth-order valence-corrected chi connectivity index (χ4v) is 1.78. The summed E-state index contributed by atoms with van der Waals surface area (Å²) >= 11 is 0. The average molecular weight is 248 g/mol. The molecule has 0 aromatic carbocycles. The molecule has 0 bridgehead atoms. The van der Waals surface area contributed by atoms with Crippen LogP contribution in [0.5, 0.6) is 0 Å². The van der Waals surface area contributed by atoms with Gasteiger partial charge in [0.05, 0.1) is 13.1 Å². The molecule has 0 aliphatic carbocycles. The van der Waals surface area contributed by atoms with Crippen LogP contribution in [-0.2, 0) is 16.1 Å². The third-order valence-corrected chi connectivity index (χ3v) is 2.66. The van der Waals surface area contributed by atoms with E-state index < -0.39 is 0 Å². The van der Waals surface area contributed by atoms with Crippen molar-refractivity contribution in [2.45, 2.75) is 13.5 Å². The molecule has 2 heterocycles. The minimum Gasteiger partial charge on any atom is -0.338 e. The maximum atomic E-state index is 11.3. The van der Waals surface area contributed by atoms with Crippen molar-refractivity contribution in [3.63, 3.8) is 0 Å². The molecule has 0 atom stereocenters. The molecule has 2 N–H and O–H groups in total. The van der Waals surface area contributed by atoms with Crippen LogP contribution in [-0.4, -0.2) is 36.4 Å². The van der Waals surface area contributed by atoms with Crippen molar-refractivity contribution in [2.24, 2.45) is 0 Å². The zero-order valence-corrected chi connectivity index (χ0v) is 10.3. The van der Waals surface area contributed by atoms with Crippen molar-refractivity contribution in [1.29, 1.82) is 0 Å². The summed E-state index contributed by atoms with van der Waals surface area (Å²) in [4.78, 5) is 28.5. The van der Waals surface area contributed by atoms with Gasteiger partial charge in [-0.25, -0.2) is 4.98 Å². The molecule has 1 saturated heterocycles. The summed E-state index contributed by atoms with van der Waals surface area (Å²) in [5.41, 5.74) is 1.08. The molecule has 0 spiro atoms. The number of carbonyl (C=O) groups excluding carboxylic acids is 2. The van der Waals surface area contributed by atoms with Gasteiger partial charge in [-0.3, -0.25) is 14.9 Å². The number of nitrogens with zero attached hydrogens (tertiary/aromatic N) is 2. The van der Waals surface area contributed by atoms with Crippen LogP contribution in [0.25, 0.3) is 0 Å². The van der Waals surface area contributed by atoms with E-state index in [2.05, 4.69) is 15.6 Å². The third kappa shape index (κ3) is 3.04. The van der Waals surface area contributed by atoms with Gasteiger partial charge in [0, 0.05) is 12.7 Å². The predicted octanol–water partition coefficient (Wildman–Crippen LogP) is -0.346. The highest BCUT2D eigenvalue weighted by Crippen LogP contribution is 2.12. The first-order valence-electron chi connectivity index (χ1n) is 5.92. The van der Waals surface area contributed by atoms with Gasteiger partial charge in [-0.1, -0.05) is 13.0 Å². The maximum absolute atomic E-state index is 11.3. The fraction of sp³-hybridized carbons (Fsp3) is 0.417. The number of rotatable bonds is 4. The van der Waals surface area contributed by atoms with Gasteiger partial charge in [0.25, 0.3) is 0 Å². The van der Waals surface area contributed by atoms with E-state index in [1.54, 1.807) is 11.1 Å². The van der Waals surface area contributed by atoms with Gasteiger partial charge in [0.2, 0.25) is 11.8 Å². The van der Waals surface area contributed by atoms with Gasteiger partial charge in [0.1, 0.15) is 5.82 Å². The molecular weight excluding hydrogens is 232 g/mol. The van der Waals surface area contributed by atoms with Crippen LogP contribution >= 0.6 is 0 Å². The zero-order chi connectivity index (χ0) is 13.0. The lowest BCUT2D eigenvalue weighted by Crippen LogP contribution is -2.51. The predicted molar refractivity (Wildman–Crippen MR) is 67.0 cm³/mol. The number of aromatic nitrogens is 1. The monoisotopic (exact) mass is 248 g/mol. The Morgan fingerprint density at radius 1 is 1.33 bits per heavy atom. The lowest BCUT2D eigenvalue weighted by molar-refractivity contribution is -0.130. The standard InChI is InChI=1S/C12H16N4O2/c1-2-13-5-9-3-4-10(14-6-9)16-7-11(17)15-12(18)8-16/h3-4,6,13H,2,5,7-8H2,1H3,(H,15,17,18). The average Bonchev–Trinajstić information content (AvgIpc) is 2.36. The van der Waals surface area contributed by atoms with E-state index in [4.69, 9.17) is 0 Å². The lowest BCUT2D eigenvalue weighted by Gasteiger charge is -2.26. The molecule has 0 saturated carbocycles. The number of imide groups is 1. The van der Waals surface area contributed by atoms with Crippen molar-refractivity contribution in [3.05, 3.63) is 23.9 Å². The van der Waals surface area contributed by atoms with Crippen LogP contribution in [0.3, 0.4) is 0 Å². The Morgan fingerprint density at radius 3 is 2.61 bits per heavy atom. The van der Waals surface area contributed by atoms with Crippen LogP contribution in [0.4, 0.5) is 5.82 Å². The van der Waals surface area contributed by atoms with E-state index in [1.807, 2.05) is 19.1 Å². The fourth-order valence-electron chi connectivity index (χ4n) is 1.78. The molecule has 1 aromatic heterocycles. The Labute approximate surface area is 105 Å². The third-order valence-electron chi connectivity index (χ3n) is 2.66. The second kappa shape index (κ2) is 5.59. The second-order valence-electron chi connectivity index (χ2n) is 4.13. The Bertz CT molecular complexity index is 428. The summed E-state index contributed by atoms with van der Waals surface area (Å²) in [7, 11) is 0. The summed E-state index contributed by atoms with van der Waals surface area (Å²) in [5, 5.41) is 5.47. The highest BCUT2D eigenvalue weighted by molar-refractivity contribution is 6.02. The number of amides is 2. The van der Waals surface area contributed by atoms with Crippen LogP contribution in [0.15, 0.2) is 18.3 Å². The van der Waals surface area contributed by atoms with E-state index in [9.17, 15) is 9.59 Å². The van der Waals surface area contributed by atoms with Crippen LogP contribution in [0.2, 0.25) is 0 Å². The number of hydrogen-bond donors (Lipinski definition) is 2. The molecule has 6 nitrogen and oxygen atoms in total. The first-order chi connectivity index (χ1) is 8.69. The summed E-state index contributed by atoms with van der Waals surface area (Å²) in [5.74, 6) is 0.0769. The van der Waals surface area contributed by atoms with Crippen molar-refractivity contribution in [1.82, 2.24) is 15.6 Å². The Morgan fingerprint density at radius 2 is 2.06 bits per heavy atom. The number of carbonyl (C=O) groups is 2. The molecule has 2 rings (SSSR count). The zero-order valence-electron chi connectivity index (χ0n) is 10.3. The SMILES string of the molecule is CCNCc1ccc(N2CC(=O)NC(=O)C2)nc1. The summed E-state index contributed by atoms with van der Waals surface area (Å²) < 4.78 is 0. The highest BCUT2D eigenvalue weighted by Gasteiger charge is 2.23. The minimum atomic E-state index is -0.287. The van der Waals surface area contributed by atoms with Gasteiger partial charge in [-0.15, -0.1) is 0 Å². The molecule has 0 radical (unpaired) electrons. The Hall–Kier alpha value is -1.95. The smallest absolute Gasteiger partial charge is 0.246 e. The lowest BCUT2D eigenvalue weighted by atomic mass is 10.2. The van der Waals surface area contributed by atoms with Gasteiger partial charge in [-0.2, -0.15) is 0 Å². The van der Waals surface area contributed by atoms with Gasteiger partial charge < -0.3 is 10.2 Å². The van der Waals surface area contributed by atoms with E-state index in [0.29, 0.717) is 5.82 Å². The van der Waals surface area contributed by atoms with E-state index >= 15 is 0 Å². The molecule has 0 unspecified atom stereocenters. The van der Waals surface area contributed by atoms with Gasteiger partial charge in [-0.05, 0) is 18.2 Å². The van der Waals surface area contributed by atoms with Crippen molar-refractivity contribution in [3.8, 4) is 0 Å². The minimum absolute atomic E-state index is 0.172. The Kier molecular flexibility index (Phi) is 3.88. The van der Waals surface area contributed by atoms with E-state index in [-0.39, 0.29) is 24.9 Å². The molecule has 6 heteroatoms. The van der Waals surface area contributed by atoms with Crippen LogP contribution in [0, 0.1) is 0 Å². The number of nitrogens with one attached hydrogen (secondary N) is 2. The molecule has 1 aliphatic heterocycles. The van der Waals surface area contributed by atoms with Crippen molar-refractivity contribution < 1.29 is 9.59 Å². The van der Waals surface area contributed by atoms with Crippen molar-refractivity contribution in [2.75, 3.05) is 24.5 Å².